The van der Waals surface area contributed by atoms with Gasteiger partial charge in [0.1, 0.15) is 5.69 Å². The zero-order chi connectivity index (χ0) is 19.3. The molecule has 0 aliphatic carbocycles. The molecule has 0 radical (unpaired) electrons. The van der Waals surface area contributed by atoms with Crippen molar-refractivity contribution < 1.29 is 4.79 Å². The first-order chi connectivity index (χ1) is 13.7. The Labute approximate surface area is 164 Å². The molecule has 0 saturated carbocycles. The first-order valence-corrected chi connectivity index (χ1v) is 9.22. The highest BCUT2D eigenvalue weighted by Gasteiger charge is 2.13. The van der Waals surface area contributed by atoms with E-state index < -0.39 is 0 Å². The standard InChI is InChI=1S/C24H21N3O/c1-26(18-19-10-4-2-5-11-19)23(28)16-15-21-22-14-8-9-17-27(22)25-24(21)20-12-6-3-7-13-20/h2-17H,18H2,1H3. The van der Waals surface area contributed by atoms with Gasteiger partial charge in [0.25, 0.3) is 0 Å². The van der Waals surface area contributed by atoms with Crippen molar-refractivity contribution in [1.82, 2.24) is 14.5 Å². The lowest BCUT2D eigenvalue weighted by atomic mass is 10.1. The van der Waals surface area contributed by atoms with E-state index in [-0.39, 0.29) is 5.91 Å². The highest BCUT2D eigenvalue weighted by Crippen LogP contribution is 2.27. The number of hydrogen-bond acceptors (Lipinski definition) is 2. The first kappa shape index (κ1) is 17.7. The minimum absolute atomic E-state index is 0.0434. The molecule has 2 heterocycles. The maximum Gasteiger partial charge on any atom is 0.246 e. The number of likely N-dealkylation sites (N-methyl/N-ethyl adjacent to an activating group) is 1. The summed E-state index contributed by atoms with van der Waals surface area (Å²) in [6.07, 6.45) is 5.41. The molecule has 28 heavy (non-hydrogen) atoms. The van der Waals surface area contributed by atoms with Crippen LogP contribution in [0.2, 0.25) is 0 Å². The number of pyridine rings is 1. The van der Waals surface area contributed by atoms with E-state index in [1.165, 1.54) is 0 Å². The fraction of sp³-hybridized carbons (Fsp3) is 0.0833. The first-order valence-electron chi connectivity index (χ1n) is 9.22. The Kier molecular flexibility index (Phi) is 5.02. The Morgan fingerprint density at radius 1 is 0.964 bits per heavy atom. The molecule has 2 aromatic carbocycles. The molecule has 0 fully saturated rings. The number of nitrogens with zero attached hydrogens (tertiary/aromatic N) is 3. The average Bonchev–Trinajstić information content (AvgIpc) is 3.12. The van der Waals surface area contributed by atoms with E-state index in [9.17, 15) is 4.79 Å². The van der Waals surface area contributed by atoms with Crippen molar-refractivity contribution in [3.8, 4) is 11.3 Å². The zero-order valence-electron chi connectivity index (χ0n) is 15.7. The Hall–Kier alpha value is -3.66. The summed E-state index contributed by atoms with van der Waals surface area (Å²) < 4.78 is 1.85. The van der Waals surface area contributed by atoms with Crippen molar-refractivity contribution >= 4 is 17.5 Å². The van der Waals surface area contributed by atoms with Gasteiger partial charge in [-0.25, -0.2) is 4.52 Å². The van der Waals surface area contributed by atoms with Gasteiger partial charge in [-0.2, -0.15) is 5.10 Å². The van der Waals surface area contributed by atoms with E-state index in [1.807, 2.05) is 103 Å². The summed E-state index contributed by atoms with van der Waals surface area (Å²) in [6.45, 7) is 0.574. The van der Waals surface area contributed by atoms with Crippen LogP contribution in [-0.2, 0) is 11.3 Å². The highest BCUT2D eigenvalue weighted by molar-refractivity contribution is 5.95. The summed E-state index contributed by atoms with van der Waals surface area (Å²) in [5.41, 5.74) is 4.90. The van der Waals surface area contributed by atoms with E-state index in [0.717, 1.165) is 27.9 Å². The third-order valence-electron chi connectivity index (χ3n) is 4.66. The molecule has 0 spiro atoms. The monoisotopic (exact) mass is 367 g/mol. The second-order valence-corrected chi connectivity index (χ2v) is 6.67. The topological polar surface area (TPSA) is 37.6 Å². The molecule has 4 heteroatoms. The number of carbonyl (C=O) groups is 1. The third kappa shape index (κ3) is 3.71. The SMILES string of the molecule is CN(Cc1ccccc1)C(=O)C=Cc1c(-c2ccccc2)nn2ccccc12. The average molecular weight is 367 g/mol. The van der Waals surface area contributed by atoms with Crippen LogP contribution in [0.3, 0.4) is 0 Å². The van der Waals surface area contributed by atoms with Crippen molar-refractivity contribution in [2.45, 2.75) is 6.54 Å². The zero-order valence-corrected chi connectivity index (χ0v) is 15.7. The molecule has 0 saturated heterocycles. The maximum absolute atomic E-state index is 12.6. The summed E-state index contributed by atoms with van der Waals surface area (Å²) in [4.78, 5) is 14.3. The molecule has 1 amide bonds. The largest absolute Gasteiger partial charge is 0.338 e. The minimum Gasteiger partial charge on any atom is -0.338 e. The smallest absolute Gasteiger partial charge is 0.246 e. The summed E-state index contributed by atoms with van der Waals surface area (Å²) in [5, 5.41) is 4.71. The summed E-state index contributed by atoms with van der Waals surface area (Å²) in [6, 6.07) is 25.9. The quantitative estimate of drug-likeness (QED) is 0.481. The van der Waals surface area contributed by atoms with Gasteiger partial charge in [-0.1, -0.05) is 66.7 Å². The van der Waals surface area contributed by atoms with Gasteiger partial charge in [0.05, 0.1) is 5.52 Å². The van der Waals surface area contributed by atoms with Crippen LogP contribution in [0, 0.1) is 0 Å². The third-order valence-corrected chi connectivity index (χ3v) is 4.66. The van der Waals surface area contributed by atoms with Crippen LogP contribution in [0.25, 0.3) is 22.9 Å². The second kappa shape index (κ2) is 7.92. The van der Waals surface area contributed by atoms with Crippen LogP contribution in [0.15, 0.2) is 91.1 Å². The van der Waals surface area contributed by atoms with Gasteiger partial charge < -0.3 is 4.90 Å². The second-order valence-electron chi connectivity index (χ2n) is 6.67. The molecule has 0 aliphatic rings. The molecule has 138 valence electrons. The lowest BCUT2D eigenvalue weighted by Crippen LogP contribution is -2.24. The number of carbonyl (C=O) groups excluding carboxylic acids is 1. The molecular weight excluding hydrogens is 346 g/mol. The van der Waals surface area contributed by atoms with E-state index in [2.05, 4.69) is 0 Å². The number of benzene rings is 2. The fourth-order valence-electron chi connectivity index (χ4n) is 3.21. The molecule has 0 bridgehead atoms. The number of hydrogen-bond donors (Lipinski definition) is 0. The molecule has 4 aromatic rings. The van der Waals surface area contributed by atoms with Crippen molar-refractivity contribution in [2.75, 3.05) is 7.05 Å². The lowest BCUT2D eigenvalue weighted by Gasteiger charge is -2.15. The predicted molar refractivity (Wildman–Crippen MR) is 113 cm³/mol. The van der Waals surface area contributed by atoms with Crippen LogP contribution >= 0.6 is 0 Å². The number of rotatable bonds is 5. The fourth-order valence-corrected chi connectivity index (χ4v) is 3.21. The summed E-state index contributed by atoms with van der Waals surface area (Å²) in [5.74, 6) is -0.0434. The Morgan fingerprint density at radius 2 is 1.64 bits per heavy atom. The number of fused-ring (bicyclic) bond motifs is 1. The highest BCUT2D eigenvalue weighted by atomic mass is 16.2. The van der Waals surface area contributed by atoms with Crippen molar-refractivity contribution in [3.63, 3.8) is 0 Å². The van der Waals surface area contributed by atoms with E-state index in [0.29, 0.717) is 6.54 Å². The molecule has 2 aromatic heterocycles. The van der Waals surface area contributed by atoms with Crippen LogP contribution in [-0.4, -0.2) is 27.5 Å². The molecule has 0 unspecified atom stereocenters. The van der Waals surface area contributed by atoms with Crippen LogP contribution < -0.4 is 0 Å². The number of aromatic nitrogens is 2. The molecule has 4 rings (SSSR count). The van der Waals surface area contributed by atoms with Crippen molar-refractivity contribution in [1.29, 1.82) is 0 Å². The van der Waals surface area contributed by atoms with Gasteiger partial charge in [0.2, 0.25) is 5.91 Å². The molecular formula is C24H21N3O. The Balaban J connectivity index is 1.64. The minimum atomic E-state index is -0.0434. The van der Waals surface area contributed by atoms with Gasteiger partial charge in [0.15, 0.2) is 0 Å². The van der Waals surface area contributed by atoms with Crippen molar-refractivity contribution in [3.05, 3.63) is 102 Å². The van der Waals surface area contributed by atoms with Crippen LogP contribution in [0.1, 0.15) is 11.1 Å². The maximum atomic E-state index is 12.6. The van der Waals surface area contributed by atoms with Gasteiger partial charge in [0, 0.05) is 37.0 Å². The van der Waals surface area contributed by atoms with E-state index >= 15 is 0 Å². The van der Waals surface area contributed by atoms with Crippen molar-refractivity contribution in [2.24, 2.45) is 0 Å². The Bertz CT molecular complexity index is 1110. The predicted octanol–water partition coefficient (Wildman–Crippen LogP) is 4.67. The molecule has 0 atom stereocenters. The molecule has 4 nitrogen and oxygen atoms in total. The van der Waals surface area contributed by atoms with Crippen LogP contribution in [0.4, 0.5) is 0 Å². The van der Waals surface area contributed by atoms with Gasteiger partial charge in [-0.05, 0) is 23.8 Å². The Morgan fingerprint density at radius 3 is 2.39 bits per heavy atom. The van der Waals surface area contributed by atoms with Gasteiger partial charge >= 0.3 is 0 Å². The molecule has 0 N–H and O–H groups in total. The lowest BCUT2D eigenvalue weighted by molar-refractivity contribution is -0.125. The van der Waals surface area contributed by atoms with E-state index in [1.54, 1.807) is 11.0 Å². The van der Waals surface area contributed by atoms with Gasteiger partial charge in [-0.3, -0.25) is 4.79 Å². The number of amides is 1. The molecule has 0 aliphatic heterocycles. The summed E-state index contributed by atoms with van der Waals surface area (Å²) >= 11 is 0. The van der Waals surface area contributed by atoms with Crippen LogP contribution in [0.5, 0.6) is 0 Å². The normalized spacial score (nSPS) is 11.2. The van der Waals surface area contributed by atoms with Gasteiger partial charge in [-0.15, -0.1) is 0 Å². The summed E-state index contributed by atoms with van der Waals surface area (Å²) in [7, 11) is 1.81. The van der Waals surface area contributed by atoms with E-state index in [4.69, 9.17) is 5.10 Å².